The third-order valence-corrected chi connectivity index (χ3v) is 3.22. The van der Waals surface area contributed by atoms with Gasteiger partial charge in [0.1, 0.15) is 12.4 Å². The summed E-state index contributed by atoms with van der Waals surface area (Å²) in [6.45, 7) is 2.54. The summed E-state index contributed by atoms with van der Waals surface area (Å²) in [5.41, 5.74) is 8.79. The molecule has 0 aliphatic heterocycles. The van der Waals surface area contributed by atoms with Gasteiger partial charge in [-0.1, -0.05) is 24.3 Å². The van der Waals surface area contributed by atoms with Crippen LogP contribution < -0.4 is 10.5 Å². The fourth-order valence-electron chi connectivity index (χ4n) is 1.55. The van der Waals surface area contributed by atoms with E-state index in [0.29, 0.717) is 6.61 Å². The van der Waals surface area contributed by atoms with Crippen molar-refractivity contribution in [2.45, 2.75) is 13.5 Å². The molecule has 2 aromatic carbocycles. The smallest absolute Gasteiger partial charge is 0.133 e. The Balaban J connectivity index is 2.08. The number of ether oxygens (including phenoxy) is 1. The fraction of sp³-hybridized carbons (Fsp3) is 0.143. The van der Waals surface area contributed by atoms with Crippen LogP contribution in [0.5, 0.6) is 5.75 Å². The van der Waals surface area contributed by atoms with E-state index in [1.807, 2.05) is 49.4 Å². The van der Waals surface area contributed by atoms with E-state index in [0.717, 1.165) is 27.0 Å². The molecule has 0 amide bonds. The Labute approximate surface area is 110 Å². The lowest BCUT2D eigenvalue weighted by Crippen LogP contribution is -1.98. The molecule has 2 rings (SSSR count). The van der Waals surface area contributed by atoms with Crippen molar-refractivity contribution in [3.63, 3.8) is 0 Å². The van der Waals surface area contributed by atoms with E-state index in [9.17, 15) is 0 Å². The summed E-state index contributed by atoms with van der Waals surface area (Å²) >= 11 is 3.45. The Morgan fingerprint density at radius 1 is 1.18 bits per heavy atom. The van der Waals surface area contributed by atoms with Crippen LogP contribution in [-0.4, -0.2) is 0 Å². The number of aryl methyl sites for hydroxylation is 1. The van der Waals surface area contributed by atoms with Gasteiger partial charge in [-0.2, -0.15) is 0 Å². The zero-order valence-corrected chi connectivity index (χ0v) is 11.2. The predicted octanol–water partition coefficient (Wildman–Crippen LogP) is 3.92. The van der Waals surface area contributed by atoms with Gasteiger partial charge >= 0.3 is 0 Å². The average molecular weight is 292 g/mol. The monoisotopic (exact) mass is 291 g/mol. The van der Waals surface area contributed by atoms with E-state index in [1.54, 1.807) is 0 Å². The number of nitrogen functional groups attached to an aromatic ring is 1. The first-order valence-corrected chi connectivity index (χ1v) is 6.18. The van der Waals surface area contributed by atoms with Gasteiger partial charge < -0.3 is 10.5 Å². The Hall–Kier alpha value is -1.48. The molecule has 0 fully saturated rings. The first-order valence-electron chi connectivity index (χ1n) is 5.39. The van der Waals surface area contributed by atoms with Crippen molar-refractivity contribution in [2.75, 3.05) is 5.73 Å². The highest BCUT2D eigenvalue weighted by molar-refractivity contribution is 9.10. The van der Waals surface area contributed by atoms with Gasteiger partial charge in [0.25, 0.3) is 0 Å². The molecule has 0 saturated heterocycles. The Morgan fingerprint density at radius 3 is 2.65 bits per heavy atom. The molecular formula is C14H14BrNO. The molecule has 3 heteroatoms. The molecule has 2 N–H and O–H groups in total. The molecule has 0 aromatic heterocycles. The minimum absolute atomic E-state index is 0.545. The van der Waals surface area contributed by atoms with Crippen molar-refractivity contribution in [1.29, 1.82) is 0 Å². The number of nitrogens with two attached hydrogens (primary N) is 1. The number of halogens is 1. The van der Waals surface area contributed by atoms with Crippen LogP contribution in [0.2, 0.25) is 0 Å². The second-order valence-electron chi connectivity index (χ2n) is 3.91. The van der Waals surface area contributed by atoms with Gasteiger partial charge in [0.15, 0.2) is 0 Å². The number of benzene rings is 2. The quantitative estimate of drug-likeness (QED) is 0.870. The third kappa shape index (κ3) is 3.01. The number of hydrogen-bond donors (Lipinski definition) is 1. The maximum atomic E-state index is 5.77. The molecule has 0 radical (unpaired) electrons. The van der Waals surface area contributed by atoms with Crippen LogP contribution in [-0.2, 0) is 6.61 Å². The van der Waals surface area contributed by atoms with E-state index in [4.69, 9.17) is 10.5 Å². The maximum absolute atomic E-state index is 5.77. The van der Waals surface area contributed by atoms with Crippen LogP contribution in [0.1, 0.15) is 11.1 Å². The van der Waals surface area contributed by atoms with Crippen molar-refractivity contribution in [1.82, 2.24) is 0 Å². The molecule has 0 spiro atoms. The molecular weight excluding hydrogens is 278 g/mol. The lowest BCUT2D eigenvalue weighted by atomic mass is 10.1. The number of anilines is 1. The number of para-hydroxylation sites is 1. The Morgan fingerprint density at radius 2 is 1.94 bits per heavy atom. The highest BCUT2D eigenvalue weighted by Crippen LogP contribution is 2.25. The molecule has 0 unspecified atom stereocenters. The summed E-state index contributed by atoms with van der Waals surface area (Å²) < 4.78 is 6.69. The van der Waals surface area contributed by atoms with E-state index in [1.165, 1.54) is 0 Å². The molecule has 17 heavy (non-hydrogen) atoms. The lowest BCUT2D eigenvalue weighted by Gasteiger charge is -2.09. The summed E-state index contributed by atoms with van der Waals surface area (Å²) in [5, 5.41) is 0. The van der Waals surface area contributed by atoms with Gasteiger partial charge in [-0.05, 0) is 52.2 Å². The SMILES string of the molecule is Cc1cc(COc2ccccc2Br)ccc1N. The molecule has 88 valence electrons. The van der Waals surface area contributed by atoms with E-state index < -0.39 is 0 Å². The summed E-state index contributed by atoms with van der Waals surface area (Å²) in [6.07, 6.45) is 0. The highest BCUT2D eigenvalue weighted by atomic mass is 79.9. The van der Waals surface area contributed by atoms with Crippen LogP contribution in [0.4, 0.5) is 5.69 Å². The van der Waals surface area contributed by atoms with Gasteiger partial charge in [0, 0.05) is 5.69 Å². The largest absolute Gasteiger partial charge is 0.488 e. The predicted molar refractivity (Wildman–Crippen MR) is 74.1 cm³/mol. The maximum Gasteiger partial charge on any atom is 0.133 e. The molecule has 0 saturated carbocycles. The van der Waals surface area contributed by atoms with Gasteiger partial charge in [-0.25, -0.2) is 0 Å². The minimum Gasteiger partial charge on any atom is -0.488 e. The fourth-order valence-corrected chi connectivity index (χ4v) is 1.95. The molecule has 0 aliphatic rings. The van der Waals surface area contributed by atoms with Crippen molar-refractivity contribution in [3.05, 3.63) is 58.1 Å². The first-order chi connectivity index (χ1) is 8.16. The molecule has 0 aliphatic carbocycles. The molecule has 2 nitrogen and oxygen atoms in total. The minimum atomic E-state index is 0.545. The third-order valence-electron chi connectivity index (χ3n) is 2.57. The van der Waals surface area contributed by atoms with Crippen LogP contribution >= 0.6 is 15.9 Å². The van der Waals surface area contributed by atoms with Gasteiger partial charge in [-0.3, -0.25) is 0 Å². The second-order valence-corrected chi connectivity index (χ2v) is 4.76. The van der Waals surface area contributed by atoms with Crippen molar-refractivity contribution in [3.8, 4) is 5.75 Å². The van der Waals surface area contributed by atoms with E-state index in [-0.39, 0.29) is 0 Å². The molecule has 0 bridgehead atoms. The van der Waals surface area contributed by atoms with E-state index in [2.05, 4.69) is 15.9 Å². The van der Waals surface area contributed by atoms with Crippen LogP contribution in [0.15, 0.2) is 46.9 Å². The first kappa shape index (κ1) is 12.0. The average Bonchev–Trinajstić information content (AvgIpc) is 2.32. The Bertz CT molecular complexity index is 525. The van der Waals surface area contributed by atoms with Crippen molar-refractivity contribution < 1.29 is 4.74 Å². The van der Waals surface area contributed by atoms with E-state index >= 15 is 0 Å². The van der Waals surface area contributed by atoms with Crippen LogP contribution in [0, 0.1) is 6.92 Å². The summed E-state index contributed by atoms with van der Waals surface area (Å²) in [7, 11) is 0. The van der Waals surface area contributed by atoms with Crippen LogP contribution in [0.3, 0.4) is 0 Å². The zero-order valence-electron chi connectivity index (χ0n) is 9.61. The summed E-state index contributed by atoms with van der Waals surface area (Å²) in [4.78, 5) is 0. The molecule has 0 atom stereocenters. The highest BCUT2D eigenvalue weighted by Gasteiger charge is 2.01. The topological polar surface area (TPSA) is 35.2 Å². The lowest BCUT2D eigenvalue weighted by molar-refractivity contribution is 0.304. The normalized spacial score (nSPS) is 10.2. The van der Waals surface area contributed by atoms with Gasteiger partial charge in [0.05, 0.1) is 4.47 Å². The second kappa shape index (κ2) is 5.23. The number of rotatable bonds is 3. The van der Waals surface area contributed by atoms with Crippen LogP contribution in [0.25, 0.3) is 0 Å². The van der Waals surface area contributed by atoms with Gasteiger partial charge in [0.2, 0.25) is 0 Å². The zero-order chi connectivity index (χ0) is 12.3. The van der Waals surface area contributed by atoms with Crippen molar-refractivity contribution in [2.24, 2.45) is 0 Å². The molecule has 0 heterocycles. The Kier molecular flexibility index (Phi) is 3.69. The standard InChI is InChI=1S/C14H14BrNO/c1-10-8-11(6-7-13(10)16)9-17-14-5-3-2-4-12(14)15/h2-8H,9,16H2,1H3. The summed E-state index contributed by atoms with van der Waals surface area (Å²) in [6, 6.07) is 13.8. The number of hydrogen-bond acceptors (Lipinski definition) is 2. The van der Waals surface area contributed by atoms with Crippen molar-refractivity contribution >= 4 is 21.6 Å². The molecule has 2 aromatic rings. The van der Waals surface area contributed by atoms with Gasteiger partial charge in [-0.15, -0.1) is 0 Å². The summed E-state index contributed by atoms with van der Waals surface area (Å²) in [5.74, 6) is 0.849.